The van der Waals surface area contributed by atoms with Crippen LogP contribution in [0.1, 0.15) is 102 Å². The highest BCUT2D eigenvalue weighted by Crippen LogP contribution is 2.14. The second-order valence-electron chi connectivity index (χ2n) is 8.02. The molecule has 2 heteroatoms. The minimum Gasteiger partial charge on any atom is -0.490 e. The average molecular weight is 388 g/mol. The first-order valence-corrected chi connectivity index (χ1v) is 11.9. The fourth-order valence-electron chi connectivity index (χ4n) is 3.58. The number of ether oxygens (including phenoxy) is 1. The van der Waals surface area contributed by atoms with E-state index in [4.69, 9.17) is 4.74 Å². The lowest BCUT2D eigenvalue weighted by Crippen LogP contribution is -2.14. The van der Waals surface area contributed by atoms with Gasteiger partial charge < -0.3 is 10.1 Å². The van der Waals surface area contributed by atoms with Crippen molar-refractivity contribution in [3.8, 4) is 5.75 Å². The third-order valence-corrected chi connectivity index (χ3v) is 5.30. The van der Waals surface area contributed by atoms with Crippen LogP contribution in [0.15, 0.2) is 36.9 Å². The second kappa shape index (κ2) is 19.1. The van der Waals surface area contributed by atoms with E-state index in [1.807, 2.05) is 6.07 Å². The van der Waals surface area contributed by atoms with Crippen LogP contribution in [0.3, 0.4) is 0 Å². The molecule has 0 saturated carbocycles. The number of hydrogen-bond acceptors (Lipinski definition) is 2. The fraction of sp³-hybridized carbons (Fsp3) is 0.692. The topological polar surface area (TPSA) is 21.3 Å². The van der Waals surface area contributed by atoms with Gasteiger partial charge >= 0.3 is 0 Å². The number of unbranched alkanes of at least 4 members (excludes halogenated alkanes) is 13. The lowest BCUT2D eigenvalue weighted by Gasteiger charge is -2.08. The van der Waals surface area contributed by atoms with Gasteiger partial charge in [-0.2, -0.15) is 0 Å². The summed E-state index contributed by atoms with van der Waals surface area (Å²) in [5, 5.41) is 3.55. The van der Waals surface area contributed by atoms with Crippen LogP contribution in [0, 0.1) is 0 Å². The van der Waals surface area contributed by atoms with Gasteiger partial charge in [0.1, 0.15) is 12.4 Å². The van der Waals surface area contributed by atoms with E-state index in [0.717, 1.165) is 18.8 Å². The molecule has 0 bridgehead atoms. The summed E-state index contributed by atoms with van der Waals surface area (Å²) in [7, 11) is 0. The monoisotopic (exact) mass is 387 g/mol. The molecule has 2 nitrogen and oxygen atoms in total. The van der Waals surface area contributed by atoms with E-state index in [0.29, 0.717) is 6.61 Å². The van der Waals surface area contributed by atoms with Gasteiger partial charge in [-0.1, -0.05) is 115 Å². The Morgan fingerprint density at radius 2 is 1.39 bits per heavy atom. The molecule has 0 heterocycles. The maximum absolute atomic E-state index is 5.58. The van der Waals surface area contributed by atoms with Crippen molar-refractivity contribution in [3.63, 3.8) is 0 Å². The molecule has 0 amide bonds. The SMILES string of the molecule is C=CCOc1cccc(CNCCCCCCCCCCCCCCCC)c1. The minimum atomic E-state index is 0.565. The van der Waals surface area contributed by atoms with E-state index < -0.39 is 0 Å². The molecular formula is C26H45NO. The maximum atomic E-state index is 5.58. The van der Waals surface area contributed by atoms with Crippen LogP contribution >= 0.6 is 0 Å². The molecule has 0 unspecified atom stereocenters. The predicted octanol–water partition coefficient (Wildman–Crippen LogP) is 7.82. The summed E-state index contributed by atoms with van der Waals surface area (Å²) in [5.41, 5.74) is 1.28. The Hall–Kier alpha value is -1.28. The van der Waals surface area contributed by atoms with Gasteiger partial charge in [-0.15, -0.1) is 0 Å². The first-order chi connectivity index (χ1) is 13.9. The number of nitrogens with one attached hydrogen (secondary N) is 1. The van der Waals surface area contributed by atoms with E-state index in [2.05, 4.69) is 37.0 Å². The Kier molecular flexibility index (Phi) is 16.8. The van der Waals surface area contributed by atoms with Crippen LogP contribution in [0.4, 0.5) is 0 Å². The highest BCUT2D eigenvalue weighted by atomic mass is 16.5. The Bertz CT molecular complexity index is 471. The molecule has 1 aromatic rings. The van der Waals surface area contributed by atoms with E-state index in [-0.39, 0.29) is 0 Å². The van der Waals surface area contributed by atoms with Crippen LogP contribution in [0.2, 0.25) is 0 Å². The third kappa shape index (κ3) is 14.7. The highest BCUT2D eigenvalue weighted by Gasteiger charge is 1.97. The molecule has 0 atom stereocenters. The largest absolute Gasteiger partial charge is 0.490 e. The standard InChI is InChI=1S/C26H45NO/c1-3-5-6-7-8-9-10-11-12-13-14-15-16-17-21-27-24-25-19-18-20-26(23-25)28-22-4-2/h4,18-20,23,27H,2-3,5-17,21-22,24H2,1H3. The zero-order valence-electron chi connectivity index (χ0n) is 18.5. The zero-order valence-corrected chi connectivity index (χ0v) is 18.5. The molecule has 0 aromatic heterocycles. The van der Waals surface area contributed by atoms with Gasteiger partial charge in [-0.25, -0.2) is 0 Å². The van der Waals surface area contributed by atoms with Crippen molar-refractivity contribution in [2.45, 2.75) is 103 Å². The van der Waals surface area contributed by atoms with Crippen molar-refractivity contribution in [1.29, 1.82) is 0 Å². The summed E-state index contributed by atoms with van der Waals surface area (Å²) in [6, 6.07) is 8.32. The molecule has 0 aliphatic heterocycles. The quantitative estimate of drug-likeness (QED) is 0.182. The Labute approximate surface area is 175 Å². The van der Waals surface area contributed by atoms with Crippen LogP contribution in [0.25, 0.3) is 0 Å². The van der Waals surface area contributed by atoms with E-state index in [9.17, 15) is 0 Å². The Balaban J connectivity index is 1.84. The van der Waals surface area contributed by atoms with Crippen molar-refractivity contribution >= 4 is 0 Å². The molecule has 28 heavy (non-hydrogen) atoms. The van der Waals surface area contributed by atoms with Gasteiger partial charge in [0.25, 0.3) is 0 Å². The molecule has 1 rings (SSSR count). The first kappa shape index (κ1) is 24.8. The molecule has 0 radical (unpaired) electrons. The normalized spacial score (nSPS) is 10.9. The highest BCUT2D eigenvalue weighted by molar-refractivity contribution is 5.28. The van der Waals surface area contributed by atoms with Crippen LogP contribution < -0.4 is 10.1 Å². The summed E-state index contributed by atoms with van der Waals surface area (Å²) in [6.45, 7) is 8.57. The molecule has 0 fully saturated rings. The van der Waals surface area contributed by atoms with Crippen LogP contribution in [-0.2, 0) is 6.54 Å². The minimum absolute atomic E-state index is 0.565. The summed E-state index contributed by atoms with van der Waals surface area (Å²) in [6.07, 6.45) is 21.6. The van der Waals surface area contributed by atoms with Crippen molar-refractivity contribution in [2.24, 2.45) is 0 Å². The molecular weight excluding hydrogens is 342 g/mol. The van der Waals surface area contributed by atoms with E-state index >= 15 is 0 Å². The molecule has 0 spiro atoms. The van der Waals surface area contributed by atoms with Crippen molar-refractivity contribution < 1.29 is 4.74 Å². The first-order valence-electron chi connectivity index (χ1n) is 11.9. The molecule has 160 valence electrons. The molecule has 0 aliphatic carbocycles. The Morgan fingerprint density at radius 3 is 1.96 bits per heavy atom. The van der Waals surface area contributed by atoms with Gasteiger partial charge in [0.15, 0.2) is 0 Å². The van der Waals surface area contributed by atoms with E-state index in [1.165, 1.54) is 95.5 Å². The van der Waals surface area contributed by atoms with Crippen molar-refractivity contribution in [3.05, 3.63) is 42.5 Å². The molecule has 1 N–H and O–H groups in total. The lowest BCUT2D eigenvalue weighted by molar-refractivity contribution is 0.362. The third-order valence-electron chi connectivity index (χ3n) is 5.30. The van der Waals surface area contributed by atoms with Gasteiger partial charge in [-0.3, -0.25) is 0 Å². The summed E-state index contributed by atoms with van der Waals surface area (Å²) in [4.78, 5) is 0. The number of benzene rings is 1. The molecule has 0 aliphatic rings. The number of hydrogen-bond donors (Lipinski definition) is 1. The van der Waals surface area contributed by atoms with Gasteiger partial charge in [0.2, 0.25) is 0 Å². The summed E-state index contributed by atoms with van der Waals surface area (Å²) in [5.74, 6) is 0.927. The van der Waals surface area contributed by atoms with Gasteiger partial charge in [-0.05, 0) is 30.7 Å². The van der Waals surface area contributed by atoms with E-state index in [1.54, 1.807) is 6.08 Å². The summed E-state index contributed by atoms with van der Waals surface area (Å²) >= 11 is 0. The zero-order chi connectivity index (χ0) is 20.1. The van der Waals surface area contributed by atoms with Crippen LogP contribution in [-0.4, -0.2) is 13.2 Å². The molecule has 0 saturated heterocycles. The van der Waals surface area contributed by atoms with Crippen molar-refractivity contribution in [2.75, 3.05) is 13.2 Å². The van der Waals surface area contributed by atoms with Gasteiger partial charge in [0, 0.05) is 6.54 Å². The van der Waals surface area contributed by atoms with Crippen molar-refractivity contribution in [1.82, 2.24) is 5.32 Å². The lowest BCUT2D eigenvalue weighted by atomic mass is 10.0. The predicted molar refractivity (Wildman–Crippen MR) is 124 cm³/mol. The smallest absolute Gasteiger partial charge is 0.120 e. The second-order valence-corrected chi connectivity index (χ2v) is 8.02. The number of rotatable bonds is 20. The average Bonchev–Trinajstić information content (AvgIpc) is 2.72. The maximum Gasteiger partial charge on any atom is 0.120 e. The Morgan fingerprint density at radius 1 is 0.821 bits per heavy atom. The van der Waals surface area contributed by atoms with Crippen LogP contribution in [0.5, 0.6) is 5.75 Å². The molecule has 1 aromatic carbocycles. The van der Waals surface area contributed by atoms with Gasteiger partial charge in [0.05, 0.1) is 0 Å². The fourth-order valence-corrected chi connectivity index (χ4v) is 3.58. The summed E-state index contributed by atoms with van der Waals surface area (Å²) < 4.78 is 5.58.